The molecule has 0 spiro atoms. The Labute approximate surface area is 179 Å². The summed E-state index contributed by atoms with van der Waals surface area (Å²) in [6, 6.07) is 14.2. The number of fused-ring (bicyclic) bond motifs is 1. The van der Waals surface area contributed by atoms with Crippen LogP contribution in [0.2, 0.25) is 0 Å². The largest absolute Gasteiger partial charge is 0.451 e. The van der Waals surface area contributed by atoms with Crippen LogP contribution in [0.3, 0.4) is 0 Å². The summed E-state index contributed by atoms with van der Waals surface area (Å²) in [6.07, 6.45) is 0.709. The normalized spacial score (nSPS) is 11.0. The van der Waals surface area contributed by atoms with E-state index in [0.29, 0.717) is 29.6 Å². The lowest BCUT2D eigenvalue weighted by Crippen LogP contribution is -2.26. The van der Waals surface area contributed by atoms with Crippen LogP contribution in [0.5, 0.6) is 0 Å². The van der Waals surface area contributed by atoms with Crippen LogP contribution in [-0.4, -0.2) is 25.9 Å². The van der Waals surface area contributed by atoms with Crippen molar-refractivity contribution in [2.75, 3.05) is 0 Å². The molecule has 0 N–H and O–H groups in total. The average molecular weight is 469 g/mol. The second kappa shape index (κ2) is 8.58. The van der Waals surface area contributed by atoms with Crippen LogP contribution in [0.4, 0.5) is 0 Å². The van der Waals surface area contributed by atoms with Gasteiger partial charge in [-0.1, -0.05) is 41.1 Å². The van der Waals surface area contributed by atoms with Gasteiger partial charge in [0.05, 0.1) is 5.39 Å². The predicted octanol–water partition coefficient (Wildman–Crippen LogP) is 3.98. The average Bonchev–Trinajstić information content (AvgIpc) is 3.24. The van der Waals surface area contributed by atoms with E-state index >= 15 is 0 Å². The number of carbonyl (C=O) groups is 1. The summed E-state index contributed by atoms with van der Waals surface area (Å²) in [6.45, 7) is 2.13. The molecule has 0 unspecified atom stereocenters. The first-order valence-electron chi connectivity index (χ1n) is 9.32. The number of hydrogen-bond donors (Lipinski definition) is 0. The minimum atomic E-state index is -0.667. The second-order valence-corrected chi connectivity index (χ2v) is 7.42. The molecule has 4 aromatic rings. The molecular weight excluding hydrogens is 452 g/mol. The van der Waals surface area contributed by atoms with Gasteiger partial charge in [0, 0.05) is 22.0 Å². The maximum absolute atomic E-state index is 12.7. The number of aryl methyl sites for hydroxylation is 1. The van der Waals surface area contributed by atoms with Gasteiger partial charge in [-0.2, -0.15) is 5.10 Å². The third-order valence-corrected chi connectivity index (χ3v) is 4.91. The zero-order chi connectivity index (χ0) is 21.1. The van der Waals surface area contributed by atoms with Crippen molar-refractivity contribution >= 4 is 32.7 Å². The predicted molar refractivity (Wildman–Crippen MR) is 113 cm³/mol. The molecule has 0 radical (unpaired) electrons. The molecule has 0 amide bonds. The van der Waals surface area contributed by atoms with Crippen LogP contribution in [0.15, 0.2) is 62.2 Å². The van der Waals surface area contributed by atoms with Gasteiger partial charge in [-0.3, -0.25) is 4.79 Å². The maximum Gasteiger partial charge on any atom is 0.359 e. The van der Waals surface area contributed by atoms with E-state index < -0.39 is 5.97 Å². The minimum absolute atomic E-state index is 0.0753. The summed E-state index contributed by atoms with van der Waals surface area (Å²) in [5, 5.41) is 13.0. The molecular formula is C21H17BrN4O4. The zero-order valence-corrected chi connectivity index (χ0v) is 17.6. The Morgan fingerprint density at radius 2 is 1.83 bits per heavy atom. The van der Waals surface area contributed by atoms with Crippen molar-refractivity contribution in [3.63, 3.8) is 0 Å². The molecule has 2 aromatic carbocycles. The first-order chi connectivity index (χ1) is 14.6. The third-order valence-electron chi connectivity index (χ3n) is 4.38. The summed E-state index contributed by atoms with van der Waals surface area (Å²) < 4.78 is 13.1. The lowest BCUT2D eigenvalue weighted by atomic mass is 10.1. The van der Waals surface area contributed by atoms with Crippen LogP contribution in [0.1, 0.15) is 29.7 Å². The van der Waals surface area contributed by atoms with Crippen molar-refractivity contribution in [1.82, 2.24) is 20.0 Å². The topological polar surface area (TPSA) is 100 Å². The fraction of sp³-hybridized carbons (Fsp3) is 0.190. The van der Waals surface area contributed by atoms with Gasteiger partial charge < -0.3 is 9.15 Å². The van der Waals surface area contributed by atoms with E-state index in [1.165, 1.54) is 4.68 Å². The summed E-state index contributed by atoms with van der Waals surface area (Å²) in [5.74, 6) is -0.180. The Morgan fingerprint density at radius 1 is 1.10 bits per heavy atom. The van der Waals surface area contributed by atoms with E-state index in [0.717, 1.165) is 10.0 Å². The van der Waals surface area contributed by atoms with Crippen molar-refractivity contribution in [2.24, 2.45) is 0 Å². The number of ether oxygens (including phenoxy) is 1. The molecule has 30 heavy (non-hydrogen) atoms. The molecule has 2 aromatic heterocycles. The maximum atomic E-state index is 12.7. The number of rotatable bonds is 6. The molecule has 0 saturated carbocycles. The van der Waals surface area contributed by atoms with Gasteiger partial charge in [-0.25, -0.2) is 9.48 Å². The summed E-state index contributed by atoms with van der Waals surface area (Å²) in [7, 11) is 0. The van der Waals surface area contributed by atoms with E-state index in [2.05, 4.69) is 31.2 Å². The van der Waals surface area contributed by atoms with Gasteiger partial charge in [0.2, 0.25) is 5.89 Å². The van der Waals surface area contributed by atoms with Gasteiger partial charge in [-0.15, -0.1) is 10.2 Å². The Hall–Kier alpha value is -3.33. The standard InChI is InChI=1S/C21H17BrN4O4/c1-2-11-26-20(27)16-6-4-3-5-15(16)18(25-26)21(28)29-12-17-23-24-19(30-17)13-7-9-14(22)10-8-13/h3-10H,2,11-12H2,1H3. The van der Waals surface area contributed by atoms with Gasteiger partial charge in [0.25, 0.3) is 11.4 Å². The van der Waals surface area contributed by atoms with Crippen LogP contribution in [0, 0.1) is 0 Å². The number of halogens is 1. The highest BCUT2D eigenvalue weighted by atomic mass is 79.9. The van der Waals surface area contributed by atoms with E-state index in [-0.39, 0.29) is 23.8 Å². The molecule has 0 aliphatic carbocycles. The number of benzene rings is 2. The van der Waals surface area contributed by atoms with Crippen molar-refractivity contribution < 1.29 is 13.9 Å². The first-order valence-corrected chi connectivity index (χ1v) is 10.1. The second-order valence-electron chi connectivity index (χ2n) is 6.51. The highest BCUT2D eigenvalue weighted by Crippen LogP contribution is 2.21. The van der Waals surface area contributed by atoms with Crippen LogP contribution in [0.25, 0.3) is 22.2 Å². The van der Waals surface area contributed by atoms with E-state index in [9.17, 15) is 9.59 Å². The van der Waals surface area contributed by atoms with Crippen molar-refractivity contribution in [2.45, 2.75) is 26.5 Å². The highest BCUT2D eigenvalue weighted by molar-refractivity contribution is 9.10. The van der Waals surface area contributed by atoms with Crippen molar-refractivity contribution in [1.29, 1.82) is 0 Å². The summed E-state index contributed by atoms with van der Waals surface area (Å²) >= 11 is 3.37. The summed E-state index contributed by atoms with van der Waals surface area (Å²) in [4.78, 5) is 25.3. The lowest BCUT2D eigenvalue weighted by Gasteiger charge is -2.09. The molecule has 2 heterocycles. The zero-order valence-electron chi connectivity index (χ0n) is 16.0. The van der Waals surface area contributed by atoms with Gasteiger partial charge in [0.1, 0.15) is 0 Å². The molecule has 0 aliphatic rings. The number of aromatic nitrogens is 4. The van der Waals surface area contributed by atoms with E-state index in [4.69, 9.17) is 9.15 Å². The van der Waals surface area contributed by atoms with Gasteiger partial charge in [-0.05, 0) is 36.8 Å². The Morgan fingerprint density at radius 3 is 2.57 bits per heavy atom. The van der Waals surface area contributed by atoms with Crippen molar-refractivity contribution in [3.05, 3.63) is 74.9 Å². The number of carbonyl (C=O) groups excluding carboxylic acids is 1. The quantitative estimate of drug-likeness (QED) is 0.394. The molecule has 0 bridgehead atoms. The number of esters is 1. The SMILES string of the molecule is CCCn1nc(C(=O)OCc2nnc(-c3ccc(Br)cc3)o2)c2ccccc2c1=O. The molecule has 8 nitrogen and oxygen atoms in total. The number of hydrogen-bond acceptors (Lipinski definition) is 7. The first kappa shape index (κ1) is 20.0. The van der Waals surface area contributed by atoms with E-state index in [1.807, 2.05) is 31.2 Å². The molecule has 0 fully saturated rings. The third kappa shape index (κ3) is 4.02. The molecule has 9 heteroatoms. The Kier molecular flexibility index (Phi) is 5.71. The van der Waals surface area contributed by atoms with Crippen molar-refractivity contribution in [3.8, 4) is 11.5 Å². The van der Waals surface area contributed by atoms with Crippen LogP contribution < -0.4 is 5.56 Å². The Balaban J connectivity index is 1.56. The minimum Gasteiger partial charge on any atom is -0.451 e. The van der Waals surface area contributed by atoms with E-state index in [1.54, 1.807) is 24.3 Å². The molecule has 0 saturated heterocycles. The monoisotopic (exact) mass is 468 g/mol. The summed E-state index contributed by atoms with van der Waals surface area (Å²) in [5.41, 5.74) is 0.592. The Bertz CT molecular complexity index is 1260. The molecule has 4 rings (SSSR count). The van der Waals surface area contributed by atoms with Gasteiger partial charge in [0.15, 0.2) is 12.3 Å². The van der Waals surface area contributed by atoms with Crippen LogP contribution >= 0.6 is 15.9 Å². The molecule has 152 valence electrons. The molecule has 0 atom stereocenters. The fourth-order valence-electron chi connectivity index (χ4n) is 2.97. The van der Waals surface area contributed by atoms with Gasteiger partial charge >= 0.3 is 5.97 Å². The fourth-order valence-corrected chi connectivity index (χ4v) is 3.23. The van der Waals surface area contributed by atoms with Crippen LogP contribution in [-0.2, 0) is 17.9 Å². The smallest absolute Gasteiger partial charge is 0.359 e. The number of nitrogens with zero attached hydrogens (tertiary/aromatic N) is 4. The lowest BCUT2D eigenvalue weighted by molar-refractivity contribution is 0.0431. The molecule has 0 aliphatic heterocycles. The highest BCUT2D eigenvalue weighted by Gasteiger charge is 2.19.